The van der Waals surface area contributed by atoms with Gasteiger partial charge in [0.2, 0.25) is 15.9 Å². The van der Waals surface area contributed by atoms with E-state index in [4.69, 9.17) is 27.9 Å². The van der Waals surface area contributed by atoms with Gasteiger partial charge < -0.3 is 10.1 Å². The number of halogens is 2. The van der Waals surface area contributed by atoms with Crippen LogP contribution in [0, 0.1) is 0 Å². The number of rotatable bonds is 6. The fourth-order valence-corrected chi connectivity index (χ4v) is 6.39. The molecule has 1 aromatic heterocycles. The molecule has 32 heavy (non-hydrogen) atoms. The standard InChI is InChI=1S/C21H19Cl2N3O4S2/c1-30-14-5-7-15(8-6-14)32(28,29)26-10-2-3-19(26)20(27)25-21-24-18(12-31-21)16-9-4-13(22)11-17(16)23/h4-9,11-12,19H,2-3,10H2,1H3,(H,24,25,27). The summed E-state index contributed by atoms with van der Waals surface area (Å²) in [6.45, 7) is 0.274. The van der Waals surface area contributed by atoms with Gasteiger partial charge in [-0.25, -0.2) is 13.4 Å². The third-order valence-electron chi connectivity index (χ3n) is 5.11. The Hall–Kier alpha value is -2.17. The summed E-state index contributed by atoms with van der Waals surface area (Å²) in [5.41, 5.74) is 1.29. The Morgan fingerprint density at radius 2 is 1.97 bits per heavy atom. The summed E-state index contributed by atoms with van der Waals surface area (Å²) in [4.78, 5) is 17.5. The molecule has 168 valence electrons. The van der Waals surface area contributed by atoms with Crippen LogP contribution in [0.25, 0.3) is 11.3 Å². The summed E-state index contributed by atoms with van der Waals surface area (Å²) >= 11 is 13.4. The van der Waals surface area contributed by atoms with Gasteiger partial charge in [0.05, 0.1) is 22.7 Å². The number of ether oxygens (including phenoxy) is 1. The molecule has 0 spiro atoms. The minimum Gasteiger partial charge on any atom is -0.497 e. The smallest absolute Gasteiger partial charge is 0.244 e. The molecule has 1 saturated heterocycles. The summed E-state index contributed by atoms with van der Waals surface area (Å²) in [6, 6.07) is 10.4. The molecule has 0 bridgehead atoms. The molecular weight excluding hydrogens is 493 g/mol. The summed E-state index contributed by atoms with van der Waals surface area (Å²) in [7, 11) is -2.32. The lowest BCUT2D eigenvalue weighted by molar-refractivity contribution is -0.119. The third-order valence-corrected chi connectivity index (χ3v) is 8.34. The van der Waals surface area contributed by atoms with Gasteiger partial charge in [-0.15, -0.1) is 11.3 Å². The van der Waals surface area contributed by atoms with Crippen LogP contribution in [0.4, 0.5) is 5.13 Å². The second-order valence-electron chi connectivity index (χ2n) is 7.10. The monoisotopic (exact) mass is 511 g/mol. The van der Waals surface area contributed by atoms with E-state index >= 15 is 0 Å². The Bertz CT molecular complexity index is 1250. The Kier molecular flexibility index (Phi) is 6.73. The first-order valence-electron chi connectivity index (χ1n) is 9.67. The molecule has 2 aromatic carbocycles. The first kappa shape index (κ1) is 23.0. The van der Waals surface area contributed by atoms with E-state index in [1.54, 1.807) is 35.7 Å². The summed E-state index contributed by atoms with van der Waals surface area (Å²) < 4.78 is 32.6. The van der Waals surface area contributed by atoms with E-state index in [0.717, 1.165) is 0 Å². The quantitative estimate of drug-likeness (QED) is 0.507. The third kappa shape index (κ3) is 4.62. The number of carbonyl (C=O) groups excluding carboxylic acids is 1. The zero-order valence-corrected chi connectivity index (χ0v) is 20.1. The molecule has 7 nitrogen and oxygen atoms in total. The van der Waals surface area contributed by atoms with Crippen LogP contribution in [0.15, 0.2) is 52.7 Å². The van der Waals surface area contributed by atoms with Crippen molar-refractivity contribution in [2.24, 2.45) is 0 Å². The number of methoxy groups -OCH3 is 1. The van der Waals surface area contributed by atoms with E-state index in [1.165, 1.54) is 34.9 Å². The number of benzene rings is 2. The molecule has 1 unspecified atom stereocenters. The fourth-order valence-electron chi connectivity index (χ4n) is 3.51. The maximum Gasteiger partial charge on any atom is 0.244 e. The molecule has 1 aliphatic rings. The van der Waals surface area contributed by atoms with Crippen LogP contribution in [0.1, 0.15) is 12.8 Å². The highest BCUT2D eigenvalue weighted by Gasteiger charge is 2.39. The SMILES string of the molecule is COc1ccc(S(=O)(=O)N2CCCC2C(=O)Nc2nc(-c3ccc(Cl)cc3Cl)cs2)cc1. The highest BCUT2D eigenvalue weighted by molar-refractivity contribution is 7.89. The Balaban J connectivity index is 1.51. The summed E-state index contributed by atoms with van der Waals surface area (Å²) in [6.07, 6.45) is 1.03. The number of nitrogens with one attached hydrogen (secondary N) is 1. The topological polar surface area (TPSA) is 88.6 Å². The molecule has 0 aliphatic carbocycles. The van der Waals surface area contributed by atoms with Gasteiger partial charge in [-0.3, -0.25) is 4.79 Å². The van der Waals surface area contributed by atoms with Crippen molar-refractivity contribution in [1.82, 2.24) is 9.29 Å². The maximum absolute atomic E-state index is 13.1. The van der Waals surface area contributed by atoms with Gasteiger partial charge in [-0.05, 0) is 55.3 Å². The van der Waals surface area contributed by atoms with Gasteiger partial charge in [0.25, 0.3) is 0 Å². The number of hydrogen-bond acceptors (Lipinski definition) is 6. The van der Waals surface area contributed by atoms with Crippen molar-refractivity contribution >= 4 is 55.6 Å². The van der Waals surface area contributed by atoms with Crippen LogP contribution in [0.2, 0.25) is 10.0 Å². The zero-order valence-electron chi connectivity index (χ0n) is 16.9. The van der Waals surface area contributed by atoms with Crippen molar-refractivity contribution in [3.8, 4) is 17.0 Å². The Morgan fingerprint density at radius 3 is 2.66 bits per heavy atom. The van der Waals surface area contributed by atoms with Crippen LogP contribution in [0.3, 0.4) is 0 Å². The second kappa shape index (κ2) is 9.36. The van der Waals surface area contributed by atoms with Crippen LogP contribution in [0.5, 0.6) is 5.75 Å². The average Bonchev–Trinajstić information content (AvgIpc) is 3.44. The Labute approximate surface area is 200 Å². The molecule has 1 aliphatic heterocycles. The lowest BCUT2D eigenvalue weighted by Gasteiger charge is -2.23. The molecule has 1 atom stereocenters. The second-order valence-corrected chi connectivity index (χ2v) is 10.7. The van der Waals surface area contributed by atoms with Crippen molar-refractivity contribution < 1.29 is 17.9 Å². The van der Waals surface area contributed by atoms with Crippen molar-refractivity contribution in [2.45, 2.75) is 23.8 Å². The van der Waals surface area contributed by atoms with Crippen molar-refractivity contribution in [2.75, 3.05) is 19.0 Å². The number of anilines is 1. The minimum absolute atomic E-state index is 0.118. The molecule has 1 amide bonds. The first-order chi connectivity index (χ1) is 15.3. The average molecular weight is 512 g/mol. The number of hydrogen-bond donors (Lipinski definition) is 1. The van der Waals surface area contributed by atoms with Gasteiger partial charge in [0.15, 0.2) is 5.13 Å². The molecule has 0 radical (unpaired) electrons. The lowest BCUT2D eigenvalue weighted by Crippen LogP contribution is -2.43. The van der Waals surface area contributed by atoms with Gasteiger partial charge in [0.1, 0.15) is 11.8 Å². The van der Waals surface area contributed by atoms with Crippen molar-refractivity contribution in [3.05, 3.63) is 57.9 Å². The zero-order chi connectivity index (χ0) is 22.9. The lowest BCUT2D eigenvalue weighted by atomic mass is 10.2. The largest absolute Gasteiger partial charge is 0.497 e. The van der Waals surface area contributed by atoms with Crippen LogP contribution >= 0.6 is 34.5 Å². The van der Waals surface area contributed by atoms with E-state index in [9.17, 15) is 13.2 Å². The Morgan fingerprint density at radius 1 is 1.22 bits per heavy atom. The summed E-state index contributed by atoms with van der Waals surface area (Å²) in [5, 5.41) is 5.85. The predicted molar refractivity (Wildman–Crippen MR) is 126 cm³/mol. The van der Waals surface area contributed by atoms with E-state index in [-0.39, 0.29) is 11.4 Å². The van der Waals surface area contributed by atoms with Gasteiger partial charge >= 0.3 is 0 Å². The molecule has 1 N–H and O–H groups in total. The van der Waals surface area contributed by atoms with Crippen molar-refractivity contribution in [1.29, 1.82) is 0 Å². The molecule has 4 rings (SSSR count). The number of nitrogens with zero attached hydrogens (tertiary/aromatic N) is 2. The van der Waals surface area contributed by atoms with E-state index < -0.39 is 22.0 Å². The van der Waals surface area contributed by atoms with Crippen LogP contribution < -0.4 is 10.1 Å². The molecule has 3 aromatic rings. The van der Waals surface area contributed by atoms with Gasteiger partial charge in [0, 0.05) is 22.5 Å². The maximum atomic E-state index is 13.1. The molecule has 0 saturated carbocycles. The number of aromatic nitrogens is 1. The number of thiazole rings is 1. The normalized spacial score (nSPS) is 16.8. The molecule has 2 heterocycles. The highest BCUT2D eigenvalue weighted by Crippen LogP contribution is 2.33. The first-order valence-corrected chi connectivity index (χ1v) is 12.7. The van der Waals surface area contributed by atoms with E-state index in [1.807, 2.05) is 0 Å². The van der Waals surface area contributed by atoms with E-state index in [0.29, 0.717) is 45.0 Å². The van der Waals surface area contributed by atoms with Crippen molar-refractivity contribution in [3.63, 3.8) is 0 Å². The van der Waals surface area contributed by atoms with Gasteiger partial charge in [-0.1, -0.05) is 23.2 Å². The molecule has 11 heteroatoms. The predicted octanol–water partition coefficient (Wildman–Crippen LogP) is 4.92. The van der Waals surface area contributed by atoms with E-state index in [2.05, 4.69) is 10.3 Å². The molecular formula is C21H19Cl2N3O4S2. The van der Waals surface area contributed by atoms with Crippen LogP contribution in [-0.4, -0.2) is 43.3 Å². The number of amides is 1. The number of carbonyl (C=O) groups is 1. The number of sulfonamides is 1. The molecule has 1 fully saturated rings. The van der Waals surface area contributed by atoms with Gasteiger partial charge in [-0.2, -0.15) is 4.31 Å². The minimum atomic E-state index is -3.83. The highest BCUT2D eigenvalue weighted by atomic mass is 35.5. The fraction of sp³-hybridized carbons (Fsp3) is 0.238. The van der Waals surface area contributed by atoms with Crippen LogP contribution in [-0.2, 0) is 14.8 Å². The summed E-state index contributed by atoms with van der Waals surface area (Å²) in [5.74, 6) is 0.141.